The maximum Gasteiger partial charge on any atom is 0.573 e. The number of nitrogens with zero attached hydrogens (tertiary/aromatic N) is 1. The molecular formula is C21H24F6N4O5. The molecule has 1 aliphatic rings. The van der Waals surface area contributed by atoms with Crippen LogP contribution in [0.15, 0.2) is 22.7 Å². The lowest BCUT2D eigenvalue weighted by Crippen LogP contribution is -2.48. The number of halogens is 6. The van der Waals surface area contributed by atoms with E-state index in [0.29, 0.717) is 12.8 Å². The number of guanidine groups is 1. The number of amides is 1. The minimum atomic E-state index is -5.06. The molecule has 0 radical (unpaired) electrons. The van der Waals surface area contributed by atoms with E-state index in [-0.39, 0.29) is 35.8 Å². The number of ether oxygens (including phenoxy) is 3. The summed E-state index contributed by atoms with van der Waals surface area (Å²) < 4.78 is 92.6. The zero-order chi connectivity index (χ0) is 27.3. The molecule has 0 saturated carbocycles. The topological polar surface area (TPSA) is 138 Å². The maximum absolute atomic E-state index is 13.8. The van der Waals surface area contributed by atoms with Crippen LogP contribution in [0, 0.1) is 6.92 Å². The second-order valence-corrected chi connectivity index (χ2v) is 7.70. The molecule has 1 heterocycles. The highest BCUT2D eigenvalue weighted by Crippen LogP contribution is 2.41. The van der Waals surface area contributed by atoms with E-state index >= 15 is 0 Å². The third kappa shape index (κ3) is 7.95. The minimum absolute atomic E-state index is 0.0114. The van der Waals surface area contributed by atoms with E-state index in [0.717, 1.165) is 25.3 Å². The van der Waals surface area contributed by atoms with Crippen molar-refractivity contribution in [2.24, 2.45) is 16.5 Å². The number of aliphatic imine (C=N–C) groups is 1. The Morgan fingerprint density at radius 1 is 1.17 bits per heavy atom. The molecule has 0 fully saturated rings. The third-order valence-corrected chi connectivity index (χ3v) is 4.89. The Hall–Kier alpha value is -3.65. The van der Waals surface area contributed by atoms with Crippen LogP contribution in [-0.2, 0) is 14.3 Å². The molecule has 2 rings (SSSR count). The number of carbonyl (C=O) groups excluding carboxylic acids is 2. The molecule has 9 nitrogen and oxygen atoms in total. The van der Waals surface area contributed by atoms with Gasteiger partial charge in [-0.3, -0.25) is 9.79 Å². The van der Waals surface area contributed by atoms with Crippen LogP contribution in [0.2, 0.25) is 0 Å². The number of methoxy groups -OCH3 is 1. The van der Waals surface area contributed by atoms with Gasteiger partial charge in [0.05, 0.1) is 12.7 Å². The van der Waals surface area contributed by atoms with Crippen LogP contribution in [0.25, 0.3) is 6.08 Å². The third-order valence-electron chi connectivity index (χ3n) is 4.89. The van der Waals surface area contributed by atoms with Gasteiger partial charge in [-0.25, -0.2) is 4.79 Å². The van der Waals surface area contributed by atoms with Crippen molar-refractivity contribution in [1.29, 1.82) is 0 Å². The van der Waals surface area contributed by atoms with Crippen LogP contribution in [0.4, 0.5) is 26.3 Å². The highest BCUT2D eigenvalue weighted by molar-refractivity contribution is 6.02. The van der Waals surface area contributed by atoms with Gasteiger partial charge in [-0.15, -0.1) is 13.2 Å². The summed E-state index contributed by atoms with van der Waals surface area (Å²) in [5, 5.41) is 2.18. The first-order valence-electron chi connectivity index (χ1n) is 10.4. The van der Waals surface area contributed by atoms with Crippen LogP contribution in [0.1, 0.15) is 30.4 Å². The van der Waals surface area contributed by atoms with Crippen molar-refractivity contribution in [2.45, 2.75) is 50.9 Å². The molecule has 1 aliphatic heterocycles. The number of carbonyl (C=O) groups is 2. The number of benzene rings is 1. The number of alkyl halides is 6. The predicted octanol–water partition coefficient (Wildman–Crippen LogP) is 2.70. The van der Waals surface area contributed by atoms with Crippen molar-refractivity contribution in [3.63, 3.8) is 0 Å². The zero-order valence-electron chi connectivity index (χ0n) is 19.1. The molecule has 0 unspecified atom stereocenters. The van der Waals surface area contributed by atoms with Crippen LogP contribution in [0.5, 0.6) is 11.5 Å². The minimum Gasteiger partial charge on any atom is -0.475 e. The normalized spacial score (nSPS) is 16.1. The van der Waals surface area contributed by atoms with E-state index in [4.69, 9.17) is 16.2 Å². The van der Waals surface area contributed by atoms with Crippen LogP contribution >= 0.6 is 0 Å². The number of rotatable bonds is 9. The number of unbranched alkanes of at least 4 members (excludes halogenated alkanes) is 1. The molecule has 5 N–H and O–H groups in total. The summed E-state index contributed by atoms with van der Waals surface area (Å²) in [6.45, 7) is 1.45. The highest BCUT2D eigenvalue weighted by Gasteiger charge is 2.49. The van der Waals surface area contributed by atoms with Crippen molar-refractivity contribution >= 4 is 23.9 Å². The summed E-state index contributed by atoms with van der Waals surface area (Å²) in [5.41, 5.74) is 9.13. The van der Waals surface area contributed by atoms with Gasteiger partial charge in [-0.2, -0.15) is 13.2 Å². The van der Waals surface area contributed by atoms with Gasteiger partial charge in [0, 0.05) is 12.1 Å². The lowest BCUT2D eigenvalue weighted by molar-refractivity contribution is -0.274. The molecule has 1 aromatic carbocycles. The summed E-state index contributed by atoms with van der Waals surface area (Å²) in [6, 6.07) is 0.324. The second-order valence-electron chi connectivity index (χ2n) is 7.70. The lowest BCUT2D eigenvalue weighted by atomic mass is 9.97. The van der Waals surface area contributed by atoms with E-state index in [2.05, 4.69) is 19.8 Å². The summed E-state index contributed by atoms with van der Waals surface area (Å²) in [4.78, 5) is 28.7. The number of esters is 1. The molecule has 0 saturated heterocycles. The largest absolute Gasteiger partial charge is 0.573 e. The first-order valence-corrected chi connectivity index (χ1v) is 10.4. The van der Waals surface area contributed by atoms with Gasteiger partial charge >= 0.3 is 18.5 Å². The molecule has 1 amide bonds. The quantitative estimate of drug-likeness (QED) is 0.148. The van der Waals surface area contributed by atoms with Gasteiger partial charge in [-0.05, 0) is 50.0 Å². The van der Waals surface area contributed by atoms with E-state index < -0.39 is 47.9 Å². The predicted molar refractivity (Wildman–Crippen MR) is 115 cm³/mol. The molecule has 0 spiro atoms. The first kappa shape index (κ1) is 28.6. The maximum atomic E-state index is 13.8. The van der Waals surface area contributed by atoms with Gasteiger partial charge in [0.15, 0.2) is 5.96 Å². The summed E-state index contributed by atoms with van der Waals surface area (Å²) >= 11 is 0. The SMILES string of the molecule is COC(=O)[C@H](CCCCN=C(N)N)NC(=O)C1=Cc2cc(OC(F)(F)F)cc(C)c2O[C@@H]1C(F)(F)F. The van der Waals surface area contributed by atoms with Gasteiger partial charge in [0.2, 0.25) is 6.10 Å². The fraction of sp³-hybridized carbons (Fsp3) is 0.476. The molecule has 0 bridgehead atoms. The van der Waals surface area contributed by atoms with Crippen LogP contribution < -0.4 is 26.3 Å². The number of nitrogens with two attached hydrogens (primary N) is 2. The number of fused-ring (bicyclic) bond motifs is 1. The Balaban J connectivity index is 2.35. The van der Waals surface area contributed by atoms with Gasteiger partial charge in [0.25, 0.3) is 5.91 Å². The van der Waals surface area contributed by atoms with Crippen molar-refractivity contribution in [3.05, 3.63) is 28.8 Å². The Morgan fingerprint density at radius 2 is 1.83 bits per heavy atom. The Kier molecular flexibility index (Phi) is 9.05. The summed E-state index contributed by atoms with van der Waals surface area (Å²) in [5.74, 6) is -3.45. The van der Waals surface area contributed by atoms with Gasteiger partial charge in [0.1, 0.15) is 17.5 Å². The molecule has 2 atom stereocenters. The van der Waals surface area contributed by atoms with Gasteiger partial charge in [-0.1, -0.05) is 0 Å². The summed E-state index contributed by atoms with van der Waals surface area (Å²) in [6.07, 6.45) is -11.4. The van der Waals surface area contributed by atoms with E-state index in [9.17, 15) is 35.9 Å². The fourth-order valence-corrected chi connectivity index (χ4v) is 3.38. The standard InChI is InChI=1S/C21H24F6N4O5/c1-10-7-12(36-21(25,26)27)8-11-9-13(16(20(22,23)24)35-15(10)11)17(32)31-14(18(33)34-2)5-3-4-6-30-19(28)29/h7-9,14,16H,3-6H2,1-2H3,(H,31,32)(H4,28,29,30)/t14-,16-/m0/s1. The van der Waals surface area contributed by atoms with Crippen molar-refractivity contribution in [3.8, 4) is 11.5 Å². The number of nitrogens with one attached hydrogen (secondary N) is 1. The fourth-order valence-electron chi connectivity index (χ4n) is 3.38. The van der Waals surface area contributed by atoms with Crippen molar-refractivity contribution < 1.29 is 50.1 Å². The van der Waals surface area contributed by atoms with Gasteiger partial charge < -0.3 is 31.0 Å². The average Bonchev–Trinajstić information content (AvgIpc) is 2.74. The number of aryl methyl sites for hydroxylation is 1. The van der Waals surface area contributed by atoms with Crippen molar-refractivity contribution in [2.75, 3.05) is 13.7 Å². The molecule has 1 aromatic rings. The smallest absolute Gasteiger partial charge is 0.475 e. The summed E-state index contributed by atoms with van der Waals surface area (Å²) in [7, 11) is 1.03. The first-order chi connectivity index (χ1) is 16.6. The monoisotopic (exact) mass is 526 g/mol. The Bertz CT molecular complexity index is 1030. The molecule has 0 aliphatic carbocycles. The Morgan fingerprint density at radius 3 is 2.39 bits per heavy atom. The van der Waals surface area contributed by atoms with Crippen molar-refractivity contribution in [1.82, 2.24) is 5.32 Å². The van der Waals surface area contributed by atoms with E-state index in [1.54, 1.807) is 0 Å². The van der Waals surface area contributed by atoms with Crippen LogP contribution in [-0.4, -0.2) is 56.2 Å². The molecular weight excluding hydrogens is 502 g/mol. The molecule has 15 heteroatoms. The van der Waals surface area contributed by atoms with E-state index in [1.165, 1.54) is 6.92 Å². The van der Waals surface area contributed by atoms with E-state index in [1.807, 2.05) is 0 Å². The molecule has 36 heavy (non-hydrogen) atoms. The highest BCUT2D eigenvalue weighted by atomic mass is 19.4. The Labute approximate surface area is 201 Å². The van der Waals surface area contributed by atoms with Crippen LogP contribution in [0.3, 0.4) is 0 Å². The zero-order valence-corrected chi connectivity index (χ0v) is 19.1. The molecule has 0 aromatic heterocycles. The number of hydrogen-bond acceptors (Lipinski definition) is 6. The number of hydrogen-bond donors (Lipinski definition) is 3. The second kappa shape index (κ2) is 11.4. The lowest BCUT2D eigenvalue weighted by Gasteiger charge is -2.30. The molecule has 200 valence electrons. The average molecular weight is 526 g/mol.